The molecular weight excluding hydrogens is 685 g/mol. The van der Waals surface area contributed by atoms with Crippen LogP contribution in [0.4, 0.5) is 0 Å². The third kappa shape index (κ3) is 6.50. The molecule has 0 fully saturated rings. The molecule has 0 N–H and O–H groups in total. The summed E-state index contributed by atoms with van der Waals surface area (Å²) in [5.41, 5.74) is 8.15. The van der Waals surface area contributed by atoms with Crippen LogP contribution in [0.25, 0.3) is 44.5 Å². The van der Waals surface area contributed by atoms with Crippen LogP contribution in [0.3, 0.4) is 0 Å². The van der Waals surface area contributed by atoms with Crippen LogP contribution in [0, 0.1) is 19.1 Å². The van der Waals surface area contributed by atoms with Crippen LogP contribution in [-0.2, 0) is 20.1 Å². The molecule has 6 aromatic rings. The van der Waals surface area contributed by atoms with E-state index in [4.69, 9.17) is 4.42 Å². The molecule has 0 saturated heterocycles. The van der Waals surface area contributed by atoms with E-state index in [1.165, 1.54) is 21.7 Å². The number of aromatic nitrogens is 2. The normalized spacial score (nSPS) is 11.3. The standard InChI is InChI=1S/C23H24NOSi.C12H10N.Ir/c1-15(2)16-11-12-24-21(13-16)19-8-6-7-18-20-14-17(26(3,4)5)9-10-22(20)25-23(18)19;1-10-7-8-12(13-9-10)11-5-3-2-4-6-11;/h6-7,9-15H,1-5H3;2-5,7-9H,1H3;/q2*-1;. The maximum Gasteiger partial charge on any atom is 0.120 e. The van der Waals surface area contributed by atoms with E-state index in [2.05, 4.69) is 98.1 Å². The molecule has 6 rings (SSSR count). The molecule has 40 heavy (non-hydrogen) atoms. The zero-order valence-corrected chi connectivity index (χ0v) is 27.3. The molecule has 0 aliphatic heterocycles. The van der Waals surface area contributed by atoms with Gasteiger partial charge in [-0.05, 0) is 41.9 Å². The summed E-state index contributed by atoms with van der Waals surface area (Å²) in [6.07, 6.45) is 3.75. The first-order chi connectivity index (χ1) is 18.7. The molecule has 3 nitrogen and oxygen atoms in total. The van der Waals surface area contributed by atoms with E-state index in [-0.39, 0.29) is 20.1 Å². The van der Waals surface area contributed by atoms with Crippen molar-refractivity contribution in [2.75, 3.05) is 0 Å². The van der Waals surface area contributed by atoms with Crippen molar-refractivity contribution in [1.29, 1.82) is 0 Å². The van der Waals surface area contributed by atoms with Gasteiger partial charge in [-0.1, -0.05) is 85.5 Å². The second-order valence-corrected chi connectivity index (χ2v) is 16.4. The Kier molecular flexibility index (Phi) is 9.20. The van der Waals surface area contributed by atoms with Crippen molar-refractivity contribution >= 4 is 35.2 Å². The van der Waals surface area contributed by atoms with Crippen LogP contribution in [0.5, 0.6) is 0 Å². The molecule has 3 heterocycles. The molecule has 0 aliphatic carbocycles. The molecule has 1 radical (unpaired) electrons. The van der Waals surface area contributed by atoms with E-state index >= 15 is 0 Å². The number of furan rings is 1. The van der Waals surface area contributed by atoms with Gasteiger partial charge in [-0.2, -0.15) is 0 Å². The number of rotatable bonds is 4. The molecule has 0 atom stereocenters. The smallest absolute Gasteiger partial charge is 0.120 e. The SMILES string of the molecule is CC(C)c1ccnc(-c2[c-]ccc3c2oc2ccc([Si](C)(C)C)cc23)c1.Cc1ccc(-c2[c-]cccc2)nc1.[Ir]. The second-order valence-electron chi connectivity index (χ2n) is 11.3. The predicted octanol–water partition coefficient (Wildman–Crippen LogP) is 8.97. The van der Waals surface area contributed by atoms with E-state index in [9.17, 15) is 0 Å². The molecule has 0 saturated carbocycles. The molecular formula is C35H34IrN2OSi-2. The van der Waals surface area contributed by atoms with Gasteiger partial charge in [-0.25, -0.2) is 0 Å². The Morgan fingerprint density at radius 3 is 2.30 bits per heavy atom. The Labute approximate surface area is 252 Å². The average Bonchev–Trinajstić information content (AvgIpc) is 3.32. The summed E-state index contributed by atoms with van der Waals surface area (Å²) in [5, 5.41) is 3.78. The van der Waals surface area contributed by atoms with Gasteiger partial charge in [0.1, 0.15) is 5.58 Å². The number of benzene rings is 3. The fourth-order valence-corrected chi connectivity index (χ4v) is 5.68. The maximum absolute atomic E-state index is 6.25. The number of pyridine rings is 2. The topological polar surface area (TPSA) is 38.9 Å². The van der Waals surface area contributed by atoms with Crippen LogP contribution in [0.2, 0.25) is 19.6 Å². The Morgan fingerprint density at radius 2 is 1.62 bits per heavy atom. The Morgan fingerprint density at radius 1 is 0.800 bits per heavy atom. The molecule has 3 aromatic heterocycles. The summed E-state index contributed by atoms with van der Waals surface area (Å²) in [6, 6.07) is 33.4. The summed E-state index contributed by atoms with van der Waals surface area (Å²) in [4.78, 5) is 8.90. The van der Waals surface area contributed by atoms with E-state index < -0.39 is 8.07 Å². The number of fused-ring (bicyclic) bond motifs is 3. The van der Waals surface area contributed by atoms with Gasteiger partial charge in [0.15, 0.2) is 0 Å². The van der Waals surface area contributed by atoms with Crippen LogP contribution < -0.4 is 5.19 Å². The van der Waals surface area contributed by atoms with Crippen LogP contribution >= 0.6 is 0 Å². The van der Waals surface area contributed by atoms with Gasteiger partial charge in [0, 0.05) is 37.9 Å². The minimum Gasteiger partial charge on any atom is -0.501 e. The minimum absolute atomic E-state index is 0. The van der Waals surface area contributed by atoms with Gasteiger partial charge >= 0.3 is 0 Å². The molecule has 0 unspecified atom stereocenters. The van der Waals surface area contributed by atoms with Crippen molar-refractivity contribution in [3.8, 4) is 22.5 Å². The first-order valence-electron chi connectivity index (χ1n) is 13.4. The monoisotopic (exact) mass is 719 g/mol. The van der Waals surface area contributed by atoms with E-state index in [0.29, 0.717) is 5.92 Å². The number of nitrogens with zero attached hydrogens (tertiary/aromatic N) is 2. The van der Waals surface area contributed by atoms with Crippen molar-refractivity contribution in [2.45, 2.75) is 46.3 Å². The second kappa shape index (κ2) is 12.4. The molecule has 5 heteroatoms. The molecule has 0 aliphatic rings. The van der Waals surface area contributed by atoms with Crippen LogP contribution in [0.15, 0.2) is 95.7 Å². The first kappa shape index (κ1) is 29.6. The Hall–Kier alpha value is -3.37. The van der Waals surface area contributed by atoms with Crippen molar-refractivity contribution in [3.05, 3.63) is 115 Å². The number of hydrogen-bond donors (Lipinski definition) is 0. The third-order valence-electron chi connectivity index (χ3n) is 6.90. The van der Waals surface area contributed by atoms with Crippen LogP contribution in [-0.4, -0.2) is 18.0 Å². The maximum atomic E-state index is 6.25. The van der Waals surface area contributed by atoms with E-state index in [0.717, 1.165) is 39.1 Å². The Bertz CT molecular complexity index is 1720. The zero-order valence-electron chi connectivity index (χ0n) is 23.9. The fourth-order valence-electron chi connectivity index (χ4n) is 4.52. The Balaban J connectivity index is 0.000000223. The summed E-state index contributed by atoms with van der Waals surface area (Å²) < 4.78 is 6.25. The summed E-state index contributed by atoms with van der Waals surface area (Å²) >= 11 is 0. The van der Waals surface area contributed by atoms with Gasteiger partial charge in [0.25, 0.3) is 0 Å². The number of hydrogen-bond acceptors (Lipinski definition) is 3. The zero-order chi connectivity index (χ0) is 27.6. The molecule has 0 bridgehead atoms. The van der Waals surface area contributed by atoms with Crippen LogP contribution in [0.1, 0.15) is 30.9 Å². The van der Waals surface area contributed by atoms with Gasteiger partial charge in [0.05, 0.1) is 13.7 Å². The quantitative estimate of drug-likeness (QED) is 0.135. The summed E-state index contributed by atoms with van der Waals surface area (Å²) in [6.45, 7) is 13.5. The first-order valence-corrected chi connectivity index (χ1v) is 16.9. The van der Waals surface area contributed by atoms with Gasteiger partial charge in [-0.3, -0.25) is 0 Å². The minimum atomic E-state index is -1.37. The molecule has 3 aromatic carbocycles. The van der Waals surface area contributed by atoms with Crippen molar-refractivity contribution in [1.82, 2.24) is 9.97 Å². The molecule has 205 valence electrons. The molecule has 0 amide bonds. The molecule has 0 spiro atoms. The van der Waals surface area contributed by atoms with E-state index in [1.807, 2.05) is 55.7 Å². The summed E-state index contributed by atoms with van der Waals surface area (Å²) in [7, 11) is -1.37. The van der Waals surface area contributed by atoms with Gasteiger partial charge in [0.2, 0.25) is 0 Å². The van der Waals surface area contributed by atoms with Crippen molar-refractivity contribution < 1.29 is 24.5 Å². The largest absolute Gasteiger partial charge is 0.501 e. The fraction of sp³-hybridized carbons (Fsp3) is 0.200. The van der Waals surface area contributed by atoms with Gasteiger partial charge < -0.3 is 14.4 Å². The number of aryl methyl sites for hydroxylation is 1. The van der Waals surface area contributed by atoms with Crippen molar-refractivity contribution in [3.63, 3.8) is 0 Å². The average molecular weight is 719 g/mol. The summed E-state index contributed by atoms with van der Waals surface area (Å²) in [5.74, 6) is 0.464. The third-order valence-corrected chi connectivity index (χ3v) is 8.94. The van der Waals surface area contributed by atoms with E-state index in [1.54, 1.807) is 0 Å². The van der Waals surface area contributed by atoms with Gasteiger partial charge in [-0.15, -0.1) is 54.1 Å². The predicted molar refractivity (Wildman–Crippen MR) is 166 cm³/mol. The van der Waals surface area contributed by atoms with Crippen molar-refractivity contribution in [2.24, 2.45) is 0 Å².